The van der Waals surface area contributed by atoms with Gasteiger partial charge < -0.3 is 0 Å². The molecule has 0 bridgehead atoms. The Kier molecular flexibility index (Phi) is 7.21. The molecule has 0 aromatic heterocycles. The molecular weight excluding hydrogens is 254 g/mol. The number of rotatable bonds is 1. The second kappa shape index (κ2) is 7.83. The summed E-state index contributed by atoms with van der Waals surface area (Å²) in [7, 11) is 0. The number of halogens is 3. The van der Waals surface area contributed by atoms with E-state index in [-0.39, 0.29) is 12.4 Å². The van der Waals surface area contributed by atoms with E-state index in [0.717, 1.165) is 17.2 Å². The van der Waals surface area contributed by atoms with Crippen molar-refractivity contribution in [1.82, 2.24) is 0 Å². The zero-order valence-electron chi connectivity index (χ0n) is 10.7. The molecule has 0 aliphatic rings. The molecule has 0 saturated carbocycles. The summed E-state index contributed by atoms with van der Waals surface area (Å²) in [6.45, 7) is 5.97. The third kappa shape index (κ3) is 4.46. The molecule has 0 N–H and O–H groups in total. The van der Waals surface area contributed by atoms with E-state index >= 15 is 0 Å². The first-order valence-electron chi connectivity index (χ1n) is 5.68. The van der Waals surface area contributed by atoms with Gasteiger partial charge >= 0.3 is 0 Å². The number of hydrogen-bond donors (Lipinski definition) is 0. The molecule has 0 fully saturated rings. The SMILES string of the molecule is CC.Cc1ccc(-c2cc(F)cc(F)c2)cc1.Cl. The van der Waals surface area contributed by atoms with Crippen LogP contribution in [-0.4, -0.2) is 0 Å². The molecule has 18 heavy (non-hydrogen) atoms. The molecule has 0 amide bonds. The molecule has 98 valence electrons. The summed E-state index contributed by atoms with van der Waals surface area (Å²) in [6.07, 6.45) is 0. The lowest BCUT2D eigenvalue weighted by molar-refractivity contribution is 0.584. The maximum absolute atomic E-state index is 13.0. The van der Waals surface area contributed by atoms with Crippen molar-refractivity contribution in [1.29, 1.82) is 0 Å². The van der Waals surface area contributed by atoms with Crippen LogP contribution in [0.25, 0.3) is 11.1 Å². The van der Waals surface area contributed by atoms with E-state index < -0.39 is 11.6 Å². The van der Waals surface area contributed by atoms with Gasteiger partial charge in [-0.05, 0) is 30.2 Å². The molecule has 0 atom stereocenters. The fourth-order valence-corrected chi connectivity index (χ4v) is 1.47. The third-order valence-electron chi connectivity index (χ3n) is 2.25. The van der Waals surface area contributed by atoms with Gasteiger partial charge in [-0.1, -0.05) is 43.7 Å². The van der Waals surface area contributed by atoms with Crippen LogP contribution in [-0.2, 0) is 0 Å². The highest BCUT2D eigenvalue weighted by atomic mass is 35.5. The third-order valence-corrected chi connectivity index (χ3v) is 2.25. The van der Waals surface area contributed by atoms with E-state index in [1.807, 2.05) is 45.0 Å². The molecule has 0 heterocycles. The van der Waals surface area contributed by atoms with Gasteiger partial charge in [0, 0.05) is 6.07 Å². The van der Waals surface area contributed by atoms with Crippen LogP contribution >= 0.6 is 12.4 Å². The largest absolute Gasteiger partial charge is 0.207 e. The maximum Gasteiger partial charge on any atom is 0.126 e. The average Bonchev–Trinajstić information content (AvgIpc) is 2.31. The highest BCUT2D eigenvalue weighted by molar-refractivity contribution is 5.85. The molecule has 0 saturated heterocycles. The first-order chi connectivity index (χ1) is 8.15. The van der Waals surface area contributed by atoms with Crippen molar-refractivity contribution in [2.75, 3.05) is 0 Å². The molecule has 0 spiro atoms. The van der Waals surface area contributed by atoms with Crippen LogP contribution in [0.3, 0.4) is 0 Å². The average molecular weight is 271 g/mol. The van der Waals surface area contributed by atoms with Gasteiger partial charge in [0.05, 0.1) is 0 Å². The van der Waals surface area contributed by atoms with Crippen molar-refractivity contribution in [3.8, 4) is 11.1 Å². The van der Waals surface area contributed by atoms with Crippen LogP contribution < -0.4 is 0 Å². The maximum atomic E-state index is 13.0. The van der Waals surface area contributed by atoms with Gasteiger partial charge in [-0.2, -0.15) is 0 Å². The Hall–Kier alpha value is -1.41. The monoisotopic (exact) mass is 270 g/mol. The lowest BCUT2D eigenvalue weighted by Gasteiger charge is -2.02. The molecule has 2 aromatic rings. The normalized spacial score (nSPS) is 8.94. The Balaban J connectivity index is 0.000000917. The smallest absolute Gasteiger partial charge is 0.126 e. The first-order valence-corrected chi connectivity index (χ1v) is 5.68. The van der Waals surface area contributed by atoms with Crippen LogP contribution in [0.1, 0.15) is 19.4 Å². The highest BCUT2D eigenvalue weighted by Gasteiger charge is 2.02. The Morgan fingerprint density at radius 2 is 1.17 bits per heavy atom. The van der Waals surface area contributed by atoms with Crippen molar-refractivity contribution < 1.29 is 8.78 Å². The molecule has 0 unspecified atom stereocenters. The minimum absolute atomic E-state index is 0. The van der Waals surface area contributed by atoms with Crippen molar-refractivity contribution in [3.63, 3.8) is 0 Å². The van der Waals surface area contributed by atoms with Crippen LogP contribution in [0.5, 0.6) is 0 Å². The number of benzene rings is 2. The Morgan fingerprint density at radius 1 is 0.722 bits per heavy atom. The minimum atomic E-state index is -0.550. The van der Waals surface area contributed by atoms with E-state index in [1.165, 1.54) is 12.1 Å². The summed E-state index contributed by atoms with van der Waals surface area (Å²) >= 11 is 0. The topological polar surface area (TPSA) is 0 Å². The van der Waals surface area contributed by atoms with Crippen LogP contribution in [0.4, 0.5) is 8.78 Å². The van der Waals surface area contributed by atoms with Crippen molar-refractivity contribution in [3.05, 3.63) is 59.7 Å². The van der Waals surface area contributed by atoms with E-state index in [4.69, 9.17) is 0 Å². The lowest BCUT2D eigenvalue weighted by atomic mass is 10.0. The zero-order valence-corrected chi connectivity index (χ0v) is 11.5. The first kappa shape index (κ1) is 16.6. The molecule has 0 aliphatic carbocycles. The fraction of sp³-hybridized carbons (Fsp3) is 0.200. The Labute approximate surface area is 113 Å². The number of aryl methyl sites for hydroxylation is 1. The van der Waals surface area contributed by atoms with E-state index in [2.05, 4.69) is 0 Å². The highest BCUT2D eigenvalue weighted by Crippen LogP contribution is 2.21. The second-order valence-electron chi connectivity index (χ2n) is 3.52. The minimum Gasteiger partial charge on any atom is -0.207 e. The van der Waals surface area contributed by atoms with E-state index in [9.17, 15) is 8.78 Å². The van der Waals surface area contributed by atoms with Crippen LogP contribution in [0.2, 0.25) is 0 Å². The number of hydrogen-bond acceptors (Lipinski definition) is 0. The standard InChI is InChI=1S/C13H10F2.C2H6.ClH/c1-9-2-4-10(5-3-9)11-6-12(14)8-13(15)7-11;1-2;/h2-8H,1H3;1-2H3;1H. The second-order valence-corrected chi connectivity index (χ2v) is 3.52. The van der Waals surface area contributed by atoms with Crippen molar-refractivity contribution >= 4 is 12.4 Å². The van der Waals surface area contributed by atoms with Crippen LogP contribution in [0, 0.1) is 18.6 Å². The van der Waals surface area contributed by atoms with Gasteiger partial charge in [-0.25, -0.2) is 8.78 Å². The van der Waals surface area contributed by atoms with Gasteiger partial charge in [0.1, 0.15) is 11.6 Å². The quantitative estimate of drug-likeness (QED) is 0.652. The van der Waals surface area contributed by atoms with E-state index in [1.54, 1.807) is 0 Å². The van der Waals surface area contributed by atoms with Gasteiger partial charge in [0.2, 0.25) is 0 Å². The summed E-state index contributed by atoms with van der Waals surface area (Å²) in [4.78, 5) is 0. The summed E-state index contributed by atoms with van der Waals surface area (Å²) in [6, 6.07) is 11.1. The molecule has 3 heteroatoms. The Bertz CT molecular complexity index is 458. The molecule has 2 aromatic carbocycles. The van der Waals surface area contributed by atoms with Gasteiger partial charge in [0.25, 0.3) is 0 Å². The predicted octanol–water partition coefficient (Wildman–Crippen LogP) is 5.39. The van der Waals surface area contributed by atoms with E-state index in [0.29, 0.717) is 5.56 Å². The fourth-order valence-electron chi connectivity index (χ4n) is 1.47. The summed E-state index contributed by atoms with van der Waals surface area (Å²) < 4.78 is 25.9. The predicted molar refractivity (Wildman–Crippen MR) is 75.1 cm³/mol. The molecule has 2 rings (SSSR count). The summed E-state index contributed by atoms with van der Waals surface area (Å²) in [5.41, 5.74) is 2.50. The van der Waals surface area contributed by atoms with Crippen molar-refractivity contribution in [2.45, 2.75) is 20.8 Å². The molecule has 0 aliphatic heterocycles. The zero-order chi connectivity index (χ0) is 12.8. The lowest BCUT2D eigenvalue weighted by Crippen LogP contribution is -1.84. The summed E-state index contributed by atoms with van der Waals surface area (Å²) in [5.74, 6) is -1.10. The van der Waals surface area contributed by atoms with Crippen molar-refractivity contribution in [2.24, 2.45) is 0 Å². The molecule has 0 nitrogen and oxygen atoms in total. The molecular formula is C15H17ClF2. The van der Waals surface area contributed by atoms with Crippen LogP contribution in [0.15, 0.2) is 42.5 Å². The molecule has 0 radical (unpaired) electrons. The summed E-state index contributed by atoms with van der Waals surface area (Å²) in [5, 5.41) is 0. The van der Waals surface area contributed by atoms with Gasteiger partial charge in [-0.15, -0.1) is 12.4 Å². The van der Waals surface area contributed by atoms with Gasteiger partial charge in [-0.3, -0.25) is 0 Å². The van der Waals surface area contributed by atoms with Gasteiger partial charge in [0.15, 0.2) is 0 Å². The Morgan fingerprint density at radius 3 is 1.61 bits per heavy atom.